The number of rotatable bonds is 2. The molecule has 0 aliphatic heterocycles. The molecule has 0 spiro atoms. The van der Waals surface area contributed by atoms with Crippen molar-refractivity contribution in [3.63, 3.8) is 0 Å². The van der Waals surface area contributed by atoms with E-state index in [0.29, 0.717) is 11.3 Å². The Labute approximate surface area is 107 Å². The van der Waals surface area contributed by atoms with Crippen molar-refractivity contribution in [3.05, 3.63) is 53.0 Å². The molecule has 1 aromatic heterocycles. The molecule has 0 bridgehead atoms. The molecule has 0 saturated heterocycles. The van der Waals surface area contributed by atoms with Gasteiger partial charge in [0, 0.05) is 5.69 Å². The molecule has 0 aliphatic rings. The van der Waals surface area contributed by atoms with Crippen LogP contribution < -0.4 is 5.32 Å². The highest BCUT2D eigenvalue weighted by Gasteiger charge is 2.14. The molecule has 0 radical (unpaired) electrons. The van der Waals surface area contributed by atoms with Crippen molar-refractivity contribution in [2.45, 2.75) is 6.92 Å². The lowest BCUT2D eigenvalue weighted by Gasteiger charge is -2.08. The fourth-order valence-electron chi connectivity index (χ4n) is 1.56. The molecular weight excluding hydrogens is 255 g/mol. The van der Waals surface area contributed by atoms with Crippen molar-refractivity contribution >= 4 is 11.5 Å². The van der Waals surface area contributed by atoms with Gasteiger partial charge in [-0.2, -0.15) is 5.26 Å². The number of hydrogen-bond donors (Lipinski definition) is 1. The predicted octanol–water partition coefficient (Wildman–Crippen LogP) is 3.42. The van der Waals surface area contributed by atoms with E-state index in [9.17, 15) is 13.2 Å². The number of anilines is 2. The highest BCUT2D eigenvalue weighted by atomic mass is 19.2. The number of halogens is 3. The Hall–Kier alpha value is -2.55. The molecule has 3 nitrogen and oxygen atoms in total. The molecule has 2 aromatic rings. The van der Waals surface area contributed by atoms with Gasteiger partial charge in [0.05, 0.1) is 17.3 Å². The lowest BCUT2D eigenvalue weighted by molar-refractivity contribution is 0.449. The Morgan fingerprint density at radius 1 is 1.16 bits per heavy atom. The number of aryl methyl sites for hydroxylation is 1. The largest absolute Gasteiger partial charge is 0.338 e. The maximum absolute atomic E-state index is 13.5. The number of aromatic nitrogens is 1. The van der Waals surface area contributed by atoms with Crippen LogP contribution >= 0.6 is 0 Å². The minimum absolute atomic E-state index is 0.182. The van der Waals surface area contributed by atoms with Gasteiger partial charge in [0.25, 0.3) is 0 Å². The Bertz CT molecular complexity index is 678. The van der Waals surface area contributed by atoms with Crippen molar-refractivity contribution in [2.24, 2.45) is 0 Å². The predicted molar refractivity (Wildman–Crippen MR) is 63.3 cm³/mol. The normalized spacial score (nSPS) is 10.1. The monoisotopic (exact) mass is 263 g/mol. The molecule has 96 valence electrons. The van der Waals surface area contributed by atoms with Gasteiger partial charge < -0.3 is 5.32 Å². The summed E-state index contributed by atoms with van der Waals surface area (Å²) in [6, 6.07) is 6.72. The topological polar surface area (TPSA) is 48.7 Å². The molecule has 1 N–H and O–H groups in total. The summed E-state index contributed by atoms with van der Waals surface area (Å²) in [7, 11) is 0. The fraction of sp³-hybridized carbons (Fsp3) is 0.0769. The van der Waals surface area contributed by atoms with Crippen molar-refractivity contribution < 1.29 is 13.2 Å². The van der Waals surface area contributed by atoms with Gasteiger partial charge in [0.1, 0.15) is 5.82 Å². The molecule has 0 amide bonds. The van der Waals surface area contributed by atoms with Crippen LogP contribution in [0.25, 0.3) is 0 Å². The molecule has 0 atom stereocenters. The van der Waals surface area contributed by atoms with Crippen molar-refractivity contribution in [2.75, 3.05) is 5.32 Å². The third kappa shape index (κ3) is 2.65. The first-order valence-electron chi connectivity index (χ1n) is 5.30. The molecule has 0 aliphatic carbocycles. The first kappa shape index (κ1) is 12.9. The average Bonchev–Trinajstić information content (AvgIpc) is 2.39. The van der Waals surface area contributed by atoms with Gasteiger partial charge in [-0.15, -0.1) is 0 Å². The van der Waals surface area contributed by atoms with Gasteiger partial charge in [-0.05, 0) is 31.2 Å². The number of nitrogens with zero attached hydrogens (tertiary/aromatic N) is 2. The molecular formula is C13H8F3N3. The lowest BCUT2D eigenvalue weighted by Crippen LogP contribution is -2.01. The Morgan fingerprint density at radius 3 is 2.58 bits per heavy atom. The Morgan fingerprint density at radius 2 is 1.89 bits per heavy atom. The fourth-order valence-corrected chi connectivity index (χ4v) is 1.56. The van der Waals surface area contributed by atoms with Crippen molar-refractivity contribution in [1.82, 2.24) is 4.98 Å². The number of pyridine rings is 1. The number of nitriles is 1. The van der Waals surface area contributed by atoms with E-state index in [0.717, 1.165) is 12.1 Å². The van der Waals surface area contributed by atoms with Gasteiger partial charge in [-0.3, -0.25) is 0 Å². The van der Waals surface area contributed by atoms with Gasteiger partial charge in [-0.1, -0.05) is 0 Å². The first-order chi connectivity index (χ1) is 9.01. The van der Waals surface area contributed by atoms with Crippen LogP contribution in [0.2, 0.25) is 0 Å². The van der Waals surface area contributed by atoms with Crippen LogP contribution in [-0.4, -0.2) is 4.98 Å². The summed E-state index contributed by atoms with van der Waals surface area (Å²) in [6.45, 7) is 1.66. The van der Waals surface area contributed by atoms with Crippen LogP contribution in [0.5, 0.6) is 0 Å². The van der Waals surface area contributed by atoms with Crippen molar-refractivity contribution in [1.29, 1.82) is 5.26 Å². The smallest absolute Gasteiger partial charge is 0.196 e. The second-order valence-electron chi connectivity index (χ2n) is 3.84. The molecule has 1 heterocycles. The van der Waals surface area contributed by atoms with Crippen LogP contribution in [0, 0.1) is 35.7 Å². The average molecular weight is 263 g/mol. The van der Waals surface area contributed by atoms with E-state index in [-0.39, 0.29) is 11.5 Å². The van der Waals surface area contributed by atoms with E-state index in [1.807, 2.05) is 6.07 Å². The van der Waals surface area contributed by atoms with E-state index in [1.165, 1.54) is 6.07 Å². The van der Waals surface area contributed by atoms with Crippen LogP contribution in [0.15, 0.2) is 24.3 Å². The number of benzene rings is 1. The molecule has 0 fully saturated rings. The molecule has 0 unspecified atom stereocenters. The molecule has 2 rings (SSSR count). The van der Waals surface area contributed by atoms with E-state index in [1.54, 1.807) is 13.0 Å². The van der Waals surface area contributed by atoms with Crippen LogP contribution in [0.4, 0.5) is 24.7 Å². The van der Waals surface area contributed by atoms with Crippen molar-refractivity contribution in [3.8, 4) is 6.07 Å². The SMILES string of the molecule is Cc1cc(C#N)cc(Nc2ccc(F)c(F)c2F)n1. The van der Waals surface area contributed by atoms with E-state index >= 15 is 0 Å². The standard InChI is InChI=1S/C13H8F3N3/c1-7-4-8(6-17)5-11(18-7)19-10-3-2-9(14)12(15)13(10)16/h2-5H,1H3,(H,18,19). The Balaban J connectivity index is 2.40. The van der Waals surface area contributed by atoms with E-state index in [2.05, 4.69) is 10.3 Å². The maximum atomic E-state index is 13.5. The van der Waals surface area contributed by atoms with Gasteiger partial charge >= 0.3 is 0 Å². The highest BCUT2D eigenvalue weighted by Crippen LogP contribution is 2.23. The minimum atomic E-state index is -1.56. The second kappa shape index (κ2) is 4.98. The molecule has 1 aromatic carbocycles. The third-order valence-electron chi connectivity index (χ3n) is 2.38. The van der Waals surface area contributed by atoms with Gasteiger partial charge in [0.15, 0.2) is 17.5 Å². The summed E-state index contributed by atoms with van der Waals surface area (Å²) >= 11 is 0. The highest BCUT2D eigenvalue weighted by molar-refractivity contribution is 5.58. The summed E-state index contributed by atoms with van der Waals surface area (Å²) < 4.78 is 39.3. The van der Waals surface area contributed by atoms with Gasteiger partial charge in [-0.25, -0.2) is 18.2 Å². The number of hydrogen-bond acceptors (Lipinski definition) is 3. The molecule has 6 heteroatoms. The zero-order valence-electron chi connectivity index (χ0n) is 9.84. The number of nitrogens with one attached hydrogen (secondary N) is 1. The van der Waals surface area contributed by atoms with Crippen LogP contribution in [0.1, 0.15) is 11.3 Å². The maximum Gasteiger partial charge on any atom is 0.196 e. The second-order valence-corrected chi connectivity index (χ2v) is 3.84. The minimum Gasteiger partial charge on any atom is -0.338 e. The summed E-state index contributed by atoms with van der Waals surface area (Å²) in [5.74, 6) is -3.97. The summed E-state index contributed by atoms with van der Waals surface area (Å²) in [4.78, 5) is 4.03. The van der Waals surface area contributed by atoms with Crippen LogP contribution in [0.3, 0.4) is 0 Å². The zero-order chi connectivity index (χ0) is 14.0. The third-order valence-corrected chi connectivity index (χ3v) is 2.38. The molecule has 19 heavy (non-hydrogen) atoms. The lowest BCUT2D eigenvalue weighted by atomic mass is 10.2. The van der Waals surface area contributed by atoms with Gasteiger partial charge in [0.2, 0.25) is 0 Å². The van der Waals surface area contributed by atoms with Crippen LogP contribution in [-0.2, 0) is 0 Å². The summed E-state index contributed by atoms with van der Waals surface area (Å²) in [6.07, 6.45) is 0. The quantitative estimate of drug-likeness (QED) is 0.844. The molecule has 0 saturated carbocycles. The first-order valence-corrected chi connectivity index (χ1v) is 5.30. The van der Waals surface area contributed by atoms with E-state index < -0.39 is 17.5 Å². The summed E-state index contributed by atoms with van der Waals surface area (Å²) in [5.41, 5.74) is 0.628. The van der Waals surface area contributed by atoms with E-state index in [4.69, 9.17) is 5.26 Å². The summed E-state index contributed by atoms with van der Waals surface area (Å²) in [5, 5.41) is 11.3. The zero-order valence-corrected chi connectivity index (χ0v) is 9.84. The Kier molecular flexibility index (Phi) is 3.38.